The summed E-state index contributed by atoms with van der Waals surface area (Å²) in [5, 5.41) is 20.6. The number of aromatic nitrogens is 1. The molecule has 0 saturated heterocycles. The molecule has 0 fully saturated rings. The maximum atomic E-state index is 9.99. The Balaban J connectivity index is 1.80. The fourth-order valence-corrected chi connectivity index (χ4v) is 4.02. The van der Waals surface area contributed by atoms with Crippen LogP contribution in [0.25, 0.3) is 33.6 Å². The number of phenolic OH excluding ortho intramolecular Hbond substituents is 2. The van der Waals surface area contributed by atoms with Crippen LogP contribution in [0.15, 0.2) is 72.8 Å². The van der Waals surface area contributed by atoms with E-state index in [1.165, 1.54) is 0 Å². The molecule has 28 heavy (non-hydrogen) atoms. The van der Waals surface area contributed by atoms with Crippen molar-refractivity contribution in [1.82, 2.24) is 4.98 Å². The summed E-state index contributed by atoms with van der Waals surface area (Å²) in [6.45, 7) is 0. The zero-order valence-electron chi connectivity index (χ0n) is 14.9. The fraction of sp³-hybridized carbons (Fsp3) is 0.0417. The molecule has 1 aliphatic rings. The minimum atomic E-state index is 0.196. The maximum Gasteiger partial charge on any atom is 0.116 e. The van der Waals surface area contributed by atoms with E-state index in [1.54, 1.807) is 30.3 Å². The molecule has 0 radical (unpaired) electrons. The lowest BCUT2D eigenvalue weighted by Crippen LogP contribution is -1.94. The van der Waals surface area contributed by atoms with E-state index in [-0.39, 0.29) is 11.5 Å². The van der Waals surface area contributed by atoms with Gasteiger partial charge in [-0.2, -0.15) is 0 Å². The molecule has 136 valence electrons. The summed E-state index contributed by atoms with van der Waals surface area (Å²) < 4.78 is 0. The number of hydrogen-bond donors (Lipinski definition) is 2. The molecule has 1 aliphatic carbocycles. The van der Waals surface area contributed by atoms with Crippen molar-refractivity contribution in [1.29, 1.82) is 0 Å². The number of fused-ring (bicyclic) bond motifs is 3. The Morgan fingerprint density at radius 2 is 1.54 bits per heavy atom. The summed E-state index contributed by atoms with van der Waals surface area (Å²) in [5.41, 5.74) is 7.73. The van der Waals surface area contributed by atoms with Crippen molar-refractivity contribution >= 4 is 11.6 Å². The molecule has 4 heteroatoms. The smallest absolute Gasteiger partial charge is 0.116 e. The van der Waals surface area contributed by atoms with E-state index in [9.17, 15) is 10.2 Å². The van der Waals surface area contributed by atoms with Crippen molar-refractivity contribution in [3.8, 4) is 45.1 Å². The summed E-state index contributed by atoms with van der Waals surface area (Å²) in [6.07, 6.45) is 0.750. The Bertz CT molecular complexity index is 1230. The van der Waals surface area contributed by atoms with Gasteiger partial charge in [-0.05, 0) is 64.7 Å². The lowest BCUT2D eigenvalue weighted by molar-refractivity contribution is 0.475. The van der Waals surface area contributed by atoms with Gasteiger partial charge in [-0.3, -0.25) is 0 Å². The molecule has 0 amide bonds. The van der Waals surface area contributed by atoms with E-state index in [4.69, 9.17) is 16.6 Å². The zero-order valence-corrected chi connectivity index (χ0v) is 15.6. The first kappa shape index (κ1) is 16.8. The van der Waals surface area contributed by atoms with E-state index >= 15 is 0 Å². The SMILES string of the molecule is Oc1cccc(-c2cc(-c3cccc(Cl)c3)c3c(n2)-c2cc(O)ccc2C3)c1. The average Bonchev–Trinajstić information content (AvgIpc) is 3.05. The van der Waals surface area contributed by atoms with Crippen LogP contribution in [-0.2, 0) is 6.42 Å². The van der Waals surface area contributed by atoms with Crippen LogP contribution in [0.4, 0.5) is 0 Å². The van der Waals surface area contributed by atoms with Crippen molar-refractivity contribution < 1.29 is 10.2 Å². The van der Waals surface area contributed by atoms with E-state index in [0.717, 1.165) is 51.2 Å². The molecule has 3 aromatic carbocycles. The summed E-state index contributed by atoms with van der Waals surface area (Å²) in [6, 6.07) is 22.3. The second-order valence-corrected chi connectivity index (χ2v) is 7.40. The number of benzene rings is 3. The fourth-order valence-electron chi connectivity index (χ4n) is 3.83. The van der Waals surface area contributed by atoms with Crippen LogP contribution in [0.1, 0.15) is 11.1 Å². The van der Waals surface area contributed by atoms with Gasteiger partial charge in [-0.25, -0.2) is 4.98 Å². The Labute approximate surface area is 167 Å². The number of hydrogen-bond acceptors (Lipinski definition) is 3. The molecule has 0 unspecified atom stereocenters. The molecule has 1 heterocycles. The van der Waals surface area contributed by atoms with Gasteiger partial charge in [0.25, 0.3) is 0 Å². The topological polar surface area (TPSA) is 53.4 Å². The monoisotopic (exact) mass is 385 g/mol. The minimum Gasteiger partial charge on any atom is -0.508 e. The normalized spacial score (nSPS) is 11.9. The maximum absolute atomic E-state index is 9.99. The third kappa shape index (κ3) is 2.81. The van der Waals surface area contributed by atoms with Crippen molar-refractivity contribution in [2.45, 2.75) is 6.42 Å². The van der Waals surface area contributed by atoms with E-state index in [0.29, 0.717) is 5.02 Å². The number of nitrogens with zero attached hydrogens (tertiary/aromatic N) is 1. The van der Waals surface area contributed by atoms with Crippen molar-refractivity contribution in [2.75, 3.05) is 0 Å². The summed E-state index contributed by atoms with van der Waals surface area (Å²) in [5.74, 6) is 0.419. The molecule has 5 rings (SSSR count). The van der Waals surface area contributed by atoms with Gasteiger partial charge in [0.2, 0.25) is 0 Å². The van der Waals surface area contributed by atoms with Gasteiger partial charge < -0.3 is 10.2 Å². The average molecular weight is 386 g/mol. The largest absolute Gasteiger partial charge is 0.508 e. The highest BCUT2D eigenvalue weighted by molar-refractivity contribution is 6.30. The quantitative estimate of drug-likeness (QED) is 0.389. The van der Waals surface area contributed by atoms with Crippen molar-refractivity contribution in [3.05, 3.63) is 88.9 Å². The second kappa shape index (κ2) is 6.39. The van der Waals surface area contributed by atoms with E-state index in [2.05, 4.69) is 0 Å². The molecule has 1 aromatic heterocycles. The molecule has 0 aliphatic heterocycles. The van der Waals surface area contributed by atoms with Crippen LogP contribution in [-0.4, -0.2) is 15.2 Å². The van der Waals surface area contributed by atoms with Gasteiger partial charge >= 0.3 is 0 Å². The summed E-state index contributed by atoms with van der Waals surface area (Å²) >= 11 is 6.25. The Morgan fingerprint density at radius 1 is 0.750 bits per heavy atom. The first-order chi connectivity index (χ1) is 13.6. The molecule has 0 spiro atoms. The highest BCUT2D eigenvalue weighted by atomic mass is 35.5. The van der Waals surface area contributed by atoms with Gasteiger partial charge in [0.05, 0.1) is 11.4 Å². The predicted molar refractivity (Wildman–Crippen MR) is 112 cm³/mol. The van der Waals surface area contributed by atoms with Gasteiger partial charge in [0.1, 0.15) is 11.5 Å². The molecule has 0 atom stereocenters. The van der Waals surface area contributed by atoms with Crippen LogP contribution >= 0.6 is 11.6 Å². The van der Waals surface area contributed by atoms with Crippen LogP contribution in [0.5, 0.6) is 11.5 Å². The van der Waals surface area contributed by atoms with Crippen LogP contribution in [0.2, 0.25) is 5.02 Å². The highest BCUT2D eigenvalue weighted by Crippen LogP contribution is 2.43. The van der Waals surface area contributed by atoms with Gasteiger partial charge in [-0.15, -0.1) is 0 Å². The third-order valence-electron chi connectivity index (χ3n) is 5.12. The van der Waals surface area contributed by atoms with Gasteiger partial charge in [-0.1, -0.05) is 41.9 Å². The molecular formula is C24H16ClNO2. The molecule has 2 N–H and O–H groups in total. The Kier molecular flexibility index (Phi) is 3.85. The number of phenols is 2. The minimum absolute atomic E-state index is 0.196. The molecule has 3 nitrogen and oxygen atoms in total. The Morgan fingerprint density at radius 3 is 2.36 bits per heavy atom. The lowest BCUT2D eigenvalue weighted by atomic mass is 9.96. The van der Waals surface area contributed by atoms with Crippen LogP contribution in [0.3, 0.4) is 0 Å². The van der Waals surface area contributed by atoms with Crippen LogP contribution < -0.4 is 0 Å². The van der Waals surface area contributed by atoms with E-state index < -0.39 is 0 Å². The Hall–Kier alpha value is -3.30. The number of pyridine rings is 1. The molecule has 0 saturated carbocycles. The first-order valence-electron chi connectivity index (χ1n) is 9.00. The second-order valence-electron chi connectivity index (χ2n) is 6.96. The van der Waals surface area contributed by atoms with Crippen molar-refractivity contribution in [3.63, 3.8) is 0 Å². The molecule has 0 bridgehead atoms. The van der Waals surface area contributed by atoms with Crippen molar-refractivity contribution in [2.24, 2.45) is 0 Å². The summed E-state index contributed by atoms with van der Waals surface area (Å²) in [7, 11) is 0. The number of halogens is 1. The molecular weight excluding hydrogens is 370 g/mol. The van der Waals surface area contributed by atoms with E-state index in [1.807, 2.05) is 42.5 Å². The summed E-state index contributed by atoms with van der Waals surface area (Å²) in [4.78, 5) is 4.90. The van der Waals surface area contributed by atoms with Gasteiger partial charge in [0.15, 0.2) is 0 Å². The predicted octanol–water partition coefficient (Wildman–Crippen LogP) is 6.05. The van der Waals surface area contributed by atoms with Gasteiger partial charge in [0, 0.05) is 22.6 Å². The number of rotatable bonds is 2. The first-order valence-corrected chi connectivity index (χ1v) is 9.38. The zero-order chi connectivity index (χ0) is 19.3. The van der Waals surface area contributed by atoms with Crippen LogP contribution in [0, 0.1) is 0 Å². The third-order valence-corrected chi connectivity index (χ3v) is 5.35. The lowest BCUT2D eigenvalue weighted by Gasteiger charge is -2.13. The number of aromatic hydroxyl groups is 2. The molecule has 4 aromatic rings. The standard InChI is InChI=1S/C24H16ClNO2/c25-17-5-1-3-14(9-17)20-13-23(16-4-2-6-18(27)10-16)26-24-21-12-19(28)8-7-15(21)11-22(20)24/h1-10,12-13,27-28H,11H2. The highest BCUT2D eigenvalue weighted by Gasteiger charge is 2.25.